The van der Waals surface area contributed by atoms with Gasteiger partial charge in [-0.1, -0.05) is 30.7 Å². The van der Waals surface area contributed by atoms with Crippen molar-refractivity contribution in [3.05, 3.63) is 65.2 Å². The molecule has 1 N–H and O–H groups in total. The third-order valence-corrected chi connectivity index (χ3v) is 5.91. The highest BCUT2D eigenvalue weighted by atomic mass is 35.5. The molecule has 2 aromatic carbocycles. The maximum Gasteiger partial charge on any atom is 0.255 e. The summed E-state index contributed by atoms with van der Waals surface area (Å²) >= 11 is 6.01. The Balaban J connectivity index is 1.54. The van der Waals surface area contributed by atoms with E-state index in [2.05, 4.69) is 5.32 Å². The van der Waals surface area contributed by atoms with Gasteiger partial charge in [0.25, 0.3) is 5.91 Å². The molecule has 154 valence electrons. The second-order valence-electron chi connectivity index (χ2n) is 7.51. The van der Waals surface area contributed by atoms with Crippen molar-refractivity contribution in [2.45, 2.75) is 13.3 Å². The molecule has 3 amide bonds. The minimum atomic E-state index is -0.354. The van der Waals surface area contributed by atoms with Crippen LogP contribution in [0.4, 0.5) is 11.4 Å². The Morgan fingerprint density at radius 3 is 2.53 bits per heavy atom. The molecule has 0 radical (unpaired) electrons. The number of imide groups is 1. The SMILES string of the molecule is COc1ccc(Cl)cc1NC(=O)c1ccc(N2C(=O)[C@@H]3[C@@H](C)C=CC[C@H]3C2=O)cc1. The summed E-state index contributed by atoms with van der Waals surface area (Å²) < 4.78 is 5.24. The molecular weight excluding hydrogens is 404 g/mol. The van der Waals surface area contributed by atoms with Crippen LogP contribution in [0.15, 0.2) is 54.6 Å². The van der Waals surface area contributed by atoms with E-state index in [-0.39, 0.29) is 35.5 Å². The van der Waals surface area contributed by atoms with Gasteiger partial charge in [-0.15, -0.1) is 0 Å². The monoisotopic (exact) mass is 424 g/mol. The summed E-state index contributed by atoms with van der Waals surface area (Å²) in [6.07, 6.45) is 4.55. The van der Waals surface area contributed by atoms with Gasteiger partial charge >= 0.3 is 0 Å². The van der Waals surface area contributed by atoms with Crippen LogP contribution < -0.4 is 15.0 Å². The molecule has 4 rings (SSSR count). The van der Waals surface area contributed by atoms with Crippen molar-refractivity contribution in [2.24, 2.45) is 17.8 Å². The number of nitrogens with one attached hydrogen (secondary N) is 1. The molecule has 0 bridgehead atoms. The summed E-state index contributed by atoms with van der Waals surface area (Å²) in [4.78, 5) is 39.6. The predicted molar refractivity (Wildman–Crippen MR) is 115 cm³/mol. The lowest BCUT2D eigenvalue weighted by Gasteiger charge is -2.22. The Hall–Kier alpha value is -3.12. The summed E-state index contributed by atoms with van der Waals surface area (Å²) in [5.74, 6) is -0.820. The molecule has 2 aromatic rings. The van der Waals surface area contributed by atoms with Crippen LogP contribution in [0.1, 0.15) is 23.7 Å². The lowest BCUT2D eigenvalue weighted by atomic mass is 9.78. The van der Waals surface area contributed by atoms with Gasteiger partial charge in [0.05, 0.1) is 30.3 Å². The second kappa shape index (κ2) is 7.95. The largest absolute Gasteiger partial charge is 0.495 e. The fourth-order valence-electron chi connectivity index (χ4n) is 4.14. The van der Waals surface area contributed by atoms with Crippen LogP contribution in [0, 0.1) is 17.8 Å². The maximum atomic E-state index is 12.9. The van der Waals surface area contributed by atoms with E-state index in [0.29, 0.717) is 34.1 Å². The normalized spacial score (nSPS) is 22.8. The molecule has 30 heavy (non-hydrogen) atoms. The van der Waals surface area contributed by atoms with Gasteiger partial charge in [-0.2, -0.15) is 0 Å². The predicted octanol–water partition coefficient (Wildman–Crippen LogP) is 4.30. The number of allylic oxidation sites excluding steroid dienone is 2. The Morgan fingerprint density at radius 1 is 1.13 bits per heavy atom. The Kier molecular flexibility index (Phi) is 5.35. The molecule has 1 saturated heterocycles. The van der Waals surface area contributed by atoms with Crippen molar-refractivity contribution >= 4 is 40.7 Å². The Labute approximate surface area is 179 Å². The quantitative estimate of drug-likeness (QED) is 0.586. The van der Waals surface area contributed by atoms with Gasteiger partial charge in [-0.05, 0) is 54.8 Å². The summed E-state index contributed by atoms with van der Waals surface area (Å²) in [6.45, 7) is 1.96. The first-order chi connectivity index (χ1) is 14.4. The maximum absolute atomic E-state index is 12.9. The van der Waals surface area contributed by atoms with Gasteiger partial charge in [0.1, 0.15) is 5.75 Å². The number of carbonyl (C=O) groups is 3. The first-order valence-electron chi connectivity index (χ1n) is 9.70. The average molecular weight is 425 g/mol. The summed E-state index contributed by atoms with van der Waals surface area (Å²) in [5.41, 5.74) is 1.31. The van der Waals surface area contributed by atoms with Crippen LogP contribution in [0.25, 0.3) is 0 Å². The van der Waals surface area contributed by atoms with E-state index in [1.807, 2.05) is 19.1 Å². The number of nitrogens with zero attached hydrogens (tertiary/aromatic N) is 1. The second-order valence-corrected chi connectivity index (χ2v) is 7.95. The summed E-state index contributed by atoms with van der Waals surface area (Å²) in [7, 11) is 1.51. The van der Waals surface area contributed by atoms with E-state index in [9.17, 15) is 14.4 Å². The topological polar surface area (TPSA) is 75.7 Å². The number of ether oxygens (including phenoxy) is 1. The number of rotatable bonds is 4. The molecule has 1 aliphatic carbocycles. The third kappa shape index (κ3) is 3.48. The van der Waals surface area contributed by atoms with E-state index < -0.39 is 0 Å². The first kappa shape index (κ1) is 20.2. The standard InChI is InChI=1S/C23H21ClN2O4/c1-13-4-3-5-17-20(13)23(29)26(22(17)28)16-9-6-14(7-10-16)21(27)25-18-12-15(24)8-11-19(18)30-2/h3-4,6-13,17,20H,5H2,1-2H3,(H,25,27)/t13-,17+,20+/m0/s1. The van der Waals surface area contributed by atoms with Crippen LogP contribution in [0.2, 0.25) is 5.02 Å². The van der Waals surface area contributed by atoms with Crippen LogP contribution in [0.3, 0.4) is 0 Å². The highest BCUT2D eigenvalue weighted by Crippen LogP contribution is 2.40. The Bertz CT molecular complexity index is 1050. The van der Waals surface area contributed by atoms with Gasteiger partial charge in [0, 0.05) is 10.6 Å². The smallest absolute Gasteiger partial charge is 0.255 e. The lowest BCUT2D eigenvalue weighted by molar-refractivity contribution is -0.122. The van der Waals surface area contributed by atoms with Crippen LogP contribution in [0.5, 0.6) is 5.75 Å². The number of halogens is 1. The summed E-state index contributed by atoms with van der Waals surface area (Å²) in [6, 6.07) is 11.4. The molecule has 7 heteroatoms. The van der Waals surface area contributed by atoms with Crippen molar-refractivity contribution in [3.8, 4) is 5.75 Å². The zero-order chi connectivity index (χ0) is 21.4. The number of amides is 3. The zero-order valence-electron chi connectivity index (χ0n) is 16.6. The van der Waals surface area contributed by atoms with Crippen LogP contribution >= 0.6 is 11.6 Å². The highest BCUT2D eigenvalue weighted by molar-refractivity contribution is 6.31. The third-order valence-electron chi connectivity index (χ3n) is 5.67. The average Bonchev–Trinajstić information content (AvgIpc) is 2.99. The van der Waals surface area contributed by atoms with E-state index in [1.54, 1.807) is 42.5 Å². The number of methoxy groups -OCH3 is 1. The minimum Gasteiger partial charge on any atom is -0.495 e. The molecule has 0 spiro atoms. The Morgan fingerprint density at radius 2 is 1.87 bits per heavy atom. The van der Waals surface area contributed by atoms with Gasteiger partial charge in [-0.3, -0.25) is 19.3 Å². The molecule has 3 atom stereocenters. The van der Waals surface area contributed by atoms with Crippen molar-refractivity contribution in [3.63, 3.8) is 0 Å². The molecule has 0 unspecified atom stereocenters. The minimum absolute atomic E-state index is 0.0305. The molecule has 1 aliphatic heterocycles. The van der Waals surface area contributed by atoms with Gasteiger partial charge in [0.15, 0.2) is 0 Å². The van der Waals surface area contributed by atoms with Crippen molar-refractivity contribution in [1.82, 2.24) is 0 Å². The highest BCUT2D eigenvalue weighted by Gasteiger charge is 2.50. The van der Waals surface area contributed by atoms with E-state index in [1.165, 1.54) is 12.0 Å². The van der Waals surface area contributed by atoms with Crippen LogP contribution in [-0.2, 0) is 9.59 Å². The fourth-order valence-corrected chi connectivity index (χ4v) is 4.31. The van der Waals surface area contributed by atoms with Crippen molar-refractivity contribution in [2.75, 3.05) is 17.3 Å². The van der Waals surface area contributed by atoms with Crippen LogP contribution in [-0.4, -0.2) is 24.8 Å². The zero-order valence-corrected chi connectivity index (χ0v) is 17.3. The van der Waals surface area contributed by atoms with Gasteiger partial charge in [0.2, 0.25) is 11.8 Å². The van der Waals surface area contributed by atoms with E-state index in [0.717, 1.165) is 0 Å². The molecule has 1 heterocycles. The summed E-state index contributed by atoms with van der Waals surface area (Å²) in [5, 5.41) is 3.24. The number of anilines is 2. The number of carbonyl (C=O) groups excluding carboxylic acids is 3. The number of fused-ring (bicyclic) bond motifs is 1. The molecule has 2 aliphatic rings. The lowest BCUT2D eigenvalue weighted by Crippen LogP contribution is -2.31. The molecule has 1 fully saturated rings. The number of hydrogen-bond donors (Lipinski definition) is 1. The first-order valence-corrected chi connectivity index (χ1v) is 10.1. The van der Waals surface area contributed by atoms with Crippen molar-refractivity contribution in [1.29, 1.82) is 0 Å². The van der Waals surface area contributed by atoms with Crippen molar-refractivity contribution < 1.29 is 19.1 Å². The fraction of sp³-hybridized carbons (Fsp3) is 0.261. The number of benzene rings is 2. The molecule has 6 nitrogen and oxygen atoms in total. The van der Waals surface area contributed by atoms with Gasteiger partial charge < -0.3 is 10.1 Å². The molecule has 0 aromatic heterocycles. The molecule has 0 saturated carbocycles. The van der Waals surface area contributed by atoms with E-state index >= 15 is 0 Å². The van der Waals surface area contributed by atoms with Gasteiger partial charge in [-0.25, -0.2) is 0 Å². The van der Waals surface area contributed by atoms with E-state index in [4.69, 9.17) is 16.3 Å². The number of hydrogen-bond acceptors (Lipinski definition) is 4. The molecular formula is C23H21ClN2O4.